The molecule has 7 nitrogen and oxygen atoms in total. The summed E-state index contributed by atoms with van der Waals surface area (Å²) in [6.07, 6.45) is 7.56. The molecule has 3 aliphatic rings. The Morgan fingerprint density at radius 1 is 1.31 bits per heavy atom. The SMILES string of the molecule is O=CO.OC[C@]12COCC[C@H]1CN(Cc1cc(C3CCCCC3)no1)C2. The van der Waals surface area contributed by atoms with Crippen LogP contribution >= 0.6 is 0 Å². The Kier molecular flexibility index (Phi) is 6.67. The third-order valence-electron chi connectivity index (χ3n) is 6.18. The molecule has 3 heterocycles. The number of carboxylic acid groups (broad SMARTS) is 1. The molecule has 2 aliphatic heterocycles. The number of rotatable bonds is 4. The van der Waals surface area contributed by atoms with Crippen molar-refractivity contribution in [3.63, 3.8) is 0 Å². The van der Waals surface area contributed by atoms with Crippen LogP contribution in [0.25, 0.3) is 0 Å². The van der Waals surface area contributed by atoms with Crippen LogP contribution in [-0.2, 0) is 16.1 Å². The Bertz CT molecular complexity index is 572. The van der Waals surface area contributed by atoms with Gasteiger partial charge in [-0.05, 0) is 25.2 Å². The van der Waals surface area contributed by atoms with Crippen molar-refractivity contribution < 1.29 is 24.3 Å². The van der Waals surface area contributed by atoms with Crippen LogP contribution in [0.1, 0.15) is 55.9 Å². The lowest BCUT2D eigenvalue weighted by Gasteiger charge is -2.36. The Morgan fingerprint density at radius 3 is 2.77 bits per heavy atom. The van der Waals surface area contributed by atoms with E-state index in [-0.39, 0.29) is 18.5 Å². The average Bonchev–Trinajstić information content (AvgIpc) is 3.28. The molecule has 0 aromatic carbocycles. The molecule has 1 saturated carbocycles. The van der Waals surface area contributed by atoms with Gasteiger partial charge in [-0.25, -0.2) is 0 Å². The topological polar surface area (TPSA) is 96.0 Å². The molecule has 2 N–H and O–H groups in total. The van der Waals surface area contributed by atoms with Gasteiger partial charge in [0, 0.05) is 37.1 Å². The number of nitrogens with zero attached hydrogens (tertiary/aromatic N) is 2. The fourth-order valence-corrected chi connectivity index (χ4v) is 4.77. The second-order valence-corrected chi connectivity index (χ2v) is 7.89. The van der Waals surface area contributed by atoms with E-state index in [9.17, 15) is 5.11 Å². The molecule has 1 aromatic rings. The molecule has 0 radical (unpaired) electrons. The largest absolute Gasteiger partial charge is 0.483 e. The van der Waals surface area contributed by atoms with Gasteiger partial charge in [0.1, 0.15) is 0 Å². The molecule has 4 rings (SSSR count). The monoisotopic (exact) mass is 366 g/mol. The van der Waals surface area contributed by atoms with Crippen LogP contribution in [0.3, 0.4) is 0 Å². The molecule has 0 spiro atoms. The van der Waals surface area contributed by atoms with Crippen LogP contribution in [0.5, 0.6) is 0 Å². The van der Waals surface area contributed by atoms with Gasteiger partial charge in [-0.1, -0.05) is 24.4 Å². The van der Waals surface area contributed by atoms with Crippen molar-refractivity contribution in [3.8, 4) is 0 Å². The van der Waals surface area contributed by atoms with E-state index in [1.165, 1.54) is 32.1 Å². The summed E-state index contributed by atoms with van der Waals surface area (Å²) < 4.78 is 11.3. The van der Waals surface area contributed by atoms with Crippen LogP contribution in [0.15, 0.2) is 10.6 Å². The van der Waals surface area contributed by atoms with E-state index in [4.69, 9.17) is 19.2 Å². The second-order valence-electron chi connectivity index (χ2n) is 7.89. The number of carbonyl (C=O) groups is 1. The average molecular weight is 366 g/mol. The molecule has 1 aromatic heterocycles. The molecule has 2 atom stereocenters. The number of aromatic nitrogens is 1. The summed E-state index contributed by atoms with van der Waals surface area (Å²) in [5, 5.41) is 21.1. The minimum absolute atomic E-state index is 0.0650. The van der Waals surface area contributed by atoms with Gasteiger partial charge in [0.25, 0.3) is 6.47 Å². The molecule has 0 bridgehead atoms. The van der Waals surface area contributed by atoms with E-state index in [0.717, 1.165) is 44.1 Å². The van der Waals surface area contributed by atoms with Crippen molar-refractivity contribution in [1.82, 2.24) is 10.1 Å². The van der Waals surface area contributed by atoms with E-state index in [2.05, 4.69) is 16.1 Å². The van der Waals surface area contributed by atoms with E-state index in [1.807, 2.05) is 0 Å². The molecule has 1 aliphatic carbocycles. The number of aliphatic hydroxyl groups is 1. The molecule has 0 unspecified atom stereocenters. The first-order valence-electron chi connectivity index (χ1n) is 9.65. The summed E-state index contributed by atoms with van der Waals surface area (Å²) in [4.78, 5) is 10.8. The standard InChI is InChI=1S/C18H28N2O3.CH2O2/c21-12-18-11-20(9-15(18)6-7-22-13-18)10-16-8-17(19-23-16)14-4-2-1-3-5-14;2-1-3/h8,14-15,21H,1-7,9-13H2;1H,(H,2,3)/t15-,18+;/m0./s1. The summed E-state index contributed by atoms with van der Waals surface area (Å²) >= 11 is 0. The predicted molar refractivity (Wildman–Crippen MR) is 94.7 cm³/mol. The van der Waals surface area contributed by atoms with Crippen molar-refractivity contribution in [2.24, 2.45) is 11.3 Å². The van der Waals surface area contributed by atoms with Crippen LogP contribution in [0.4, 0.5) is 0 Å². The minimum Gasteiger partial charge on any atom is -0.483 e. The molecule has 7 heteroatoms. The molecule has 2 saturated heterocycles. The molecular formula is C19H30N2O5. The zero-order valence-corrected chi connectivity index (χ0v) is 15.3. The fraction of sp³-hybridized carbons (Fsp3) is 0.789. The Labute approximate surface area is 154 Å². The number of likely N-dealkylation sites (tertiary alicyclic amines) is 1. The number of ether oxygens (including phenoxy) is 1. The quantitative estimate of drug-likeness (QED) is 0.789. The first kappa shape index (κ1) is 19.3. The lowest BCUT2D eigenvalue weighted by atomic mass is 9.76. The highest BCUT2D eigenvalue weighted by atomic mass is 16.5. The maximum atomic E-state index is 9.87. The molecule has 3 fully saturated rings. The second kappa shape index (κ2) is 8.97. The predicted octanol–water partition coefficient (Wildman–Crippen LogP) is 2.25. The van der Waals surface area contributed by atoms with Crippen LogP contribution < -0.4 is 0 Å². The zero-order chi connectivity index (χ0) is 18.4. The highest BCUT2D eigenvalue weighted by molar-refractivity contribution is 5.32. The molecular weight excluding hydrogens is 336 g/mol. The van der Waals surface area contributed by atoms with Crippen molar-refractivity contribution in [3.05, 3.63) is 17.5 Å². The summed E-state index contributed by atoms with van der Waals surface area (Å²) in [6, 6.07) is 2.17. The Balaban J connectivity index is 0.000000613. The fourth-order valence-electron chi connectivity index (χ4n) is 4.77. The van der Waals surface area contributed by atoms with Crippen molar-refractivity contribution in [1.29, 1.82) is 0 Å². The Hall–Kier alpha value is -1.44. The number of hydrogen-bond donors (Lipinski definition) is 2. The maximum absolute atomic E-state index is 9.87. The highest BCUT2D eigenvalue weighted by Gasteiger charge is 2.48. The van der Waals surface area contributed by atoms with Gasteiger partial charge in [-0.2, -0.15) is 0 Å². The Morgan fingerprint density at radius 2 is 2.08 bits per heavy atom. The molecule has 146 valence electrons. The first-order valence-corrected chi connectivity index (χ1v) is 9.65. The lowest BCUT2D eigenvalue weighted by molar-refractivity contribution is -0.122. The van der Waals surface area contributed by atoms with Gasteiger partial charge in [-0.3, -0.25) is 9.69 Å². The van der Waals surface area contributed by atoms with Gasteiger partial charge in [0.15, 0.2) is 5.76 Å². The van der Waals surface area contributed by atoms with Crippen molar-refractivity contribution in [2.45, 2.75) is 51.0 Å². The zero-order valence-electron chi connectivity index (χ0n) is 15.3. The first-order chi connectivity index (χ1) is 12.7. The summed E-state index contributed by atoms with van der Waals surface area (Å²) in [5.41, 5.74) is 1.08. The minimum atomic E-state index is -0.250. The maximum Gasteiger partial charge on any atom is 0.290 e. The third kappa shape index (κ3) is 4.27. The van der Waals surface area contributed by atoms with E-state index >= 15 is 0 Å². The highest BCUT2D eigenvalue weighted by Crippen LogP contribution is 2.41. The number of aliphatic hydroxyl groups excluding tert-OH is 1. The summed E-state index contributed by atoms with van der Waals surface area (Å²) in [7, 11) is 0. The summed E-state index contributed by atoms with van der Waals surface area (Å²) in [5.74, 6) is 2.11. The van der Waals surface area contributed by atoms with E-state index in [1.54, 1.807) is 0 Å². The normalized spacial score (nSPS) is 29.7. The van der Waals surface area contributed by atoms with Gasteiger partial charge in [0.2, 0.25) is 0 Å². The van der Waals surface area contributed by atoms with Crippen molar-refractivity contribution >= 4 is 6.47 Å². The third-order valence-corrected chi connectivity index (χ3v) is 6.18. The van der Waals surface area contributed by atoms with Crippen LogP contribution in [-0.4, -0.2) is 59.7 Å². The molecule has 26 heavy (non-hydrogen) atoms. The van der Waals surface area contributed by atoms with Crippen molar-refractivity contribution in [2.75, 3.05) is 32.9 Å². The van der Waals surface area contributed by atoms with Gasteiger partial charge in [-0.15, -0.1) is 0 Å². The van der Waals surface area contributed by atoms with Gasteiger partial charge in [0.05, 0.1) is 25.5 Å². The van der Waals surface area contributed by atoms with Gasteiger partial charge < -0.3 is 19.5 Å². The van der Waals surface area contributed by atoms with E-state index < -0.39 is 0 Å². The van der Waals surface area contributed by atoms with Crippen LogP contribution in [0.2, 0.25) is 0 Å². The number of hydrogen-bond acceptors (Lipinski definition) is 6. The number of fused-ring (bicyclic) bond motifs is 1. The lowest BCUT2D eigenvalue weighted by Crippen LogP contribution is -2.42. The smallest absolute Gasteiger partial charge is 0.290 e. The molecule has 0 amide bonds. The summed E-state index contributed by atoms with van der Waals surface area (Å²) in [6.45, 7) is 4.22. The van der Waals surface area contributed by atoms with E-state index in [0.29, 0.717) is 18.4 Å². The van der Waals surface area contributed by atoms with Crippen LogP contribution in [0, 0.1) is 11.3 Å². The van der Waals surface area contributed by atoms with Gasteiger partial charge >= 0.3 is 0 Å².